The van der Waals surface area contributed by atoms with E-state index in [4.69, 9.17) is 0 Å². The van der Waals surface area contributed by atoms with E-state index >= 15 is 0 Å². The molecule has 0 radical (unpaired) electrons. The van der Waals surface area contributed by atoms with E-state index in [9.17, 15) is 0 Å². The van der Waals surface area contributed by atoms with Crippen molar-refractivity contribution in [3.8, 4) is 0 Å². The minimum Gasteiger partial charge on any atom is -0.310 e. The van der Waals surface area contributed by atoms with Gasteiger partial charge in [0.25, 0.3) is 0 Å². The van der Waals surface area contributed by atoms with Crippen LogP contribution in [0.1, 0.15) is 71.6 Å². The summed E-state index contributed by atoms with van der Waals surface area (Å²) in [6.07, 6.45) is 15.8. The summed E-state index contributed by atoms with van der Waals surface area (Å²) in [5.41, 5.74) is 3.07. The van der Waals surface area contributed by atoms with Crippen LogP contribution in [0.4, 0.5) is 0 Å². The third-order valence-electron chi connectivity index (χ3n) is 6.87. The summed E-state index contributed by atoms with van der Waals surface area (Å²) in [5, 5.41) is 3.93. The topological polar surface area (TPSA) is 12.0 Å². The van der Waals surface area contributed by atoms with Crippen molar-refractivity contribution in [1.29, 1.82) is 0 Å². The maximum atomic E-state index is 3.93. The van der Waals surface area contributed by atoms with Crippen LogP contribution >= 0.6 is 0 Å². The Hall–Kier alpha value is -0.300. The quantitative estimate of drug-likeness (QED) is 0.733. The fraction of sp³-hybridized carbons (Fsp3) is 0.895. The van der Waals surface area contributed by atoms with Gasteiger partial charge in [-0.2, -0.15) is 0 Å². The van der Waals surface area contributed by atoms with E-state index in [1.165, 1.54) is 51.4 Å². The zero-order chi connectivity index (χ0) is 13.8. The predicted octanol–water partition coefficient (Wildman–Crippen LogP) is 4.68. The molecular formula is C19H31N. The predicted molar refractivity (Wildman–Crippen MR) is 84.6 cm³/mol. The molecule has 0 aromatic carbocycles. The van der Waals surface area contributed by atoms with E-state index in [1.54, 1.807) is 12.0 Å². The summed E-state index contributed by atoms with van der Waals surface area (Å²) in [6.45, 7) is 6.03. The molecule has 20 heavy (non-hydrogen) atoms. The lowest BCUT2D eigenvalue weighted by molar-refractivity contribution is -0.112. The summed E-state index contributed by atoms with van der Waals surface area (Å²) in [6, 6.07) is 0.709. The van der Waals surface area contributed by atoms with E-state index in [-0.39, 0.29) is 0 Å². The van der Waals surface area contributed by atoms with Gasteiger partial charge in [0.1, 0.15) is 0 Å². The Morgan fingerprint density at radius 1 is 1.25 bits per heavy atom. The third-order valence-corrected chi connectivity index (χ3v) is 6.87. The van der Waals surface area contributed by atoms with Gasteiger partial charge in [-0.25, -0.2) is 0 Å². The highest BCUT2D eigenvalue weighted by atomic mass is 14.9. The molecule has 4 fully saturated rings. The van der Waals surface area contributed by atoms with Gasteiger partial charge in [0, 0.05) is 6.04 Å². The molecule has 5 aliphatic rings. The van der Waals surface area contributed by atoms with Crippen molar-refractivity contribution in [3.05, 3.63) is 11.6 Å². The van der Waals surface area contributed by atoms with Crippen LogP contribution in [0.3, 0.4) is 0 Å². The van der Waals surface area contributed by atoms with Crippen LogP contribution in [0.5, 0.6) is 0 Å². The Kier molecular flexibility index (Phi) is 3.07. The molecule has 0 heterocycles. The number of hydrogen-bond acceptors (Lipinski definition) is 1. The van der Waals surface area contributed by atoms with Crippen LogP contribution in [0.25, 0.3) is 0 Å². The lowest BCUT2D eigenvalue weighted by atomic mass is 9.42. The van der Waals surface area contributed by atoms with Crippen molar-refractivity contribution < 1.29 is 0 Å². The number of rotatable bonds is 4. The van der Waals surface area contributed by atoms with E-state index in [2.05, 4.69) is 25.2 Å². The van der Waals surface area contributed by atoms with Gasteiger partial charge >= 0.3 is 0 Å². The third kappa shape index (κ3) is 2.00. The van der Waals surface area contributed by atoms with Crippen LogP contribution in [0.15, 0.2) is 11.6 Å². The van der Waals surface area contributed by atoms with Crippen molar-refractivity contribution in [2.75, 3.05) is 6.54 Å². The molecule has 0 aliphatic heterocycles. The average Bonchev–Trinajstić information content (AvgIpc) is 2.86. The Labute approximate surface area is 124 Å². The molecule has 1 nitrogen and oxygen atoms in total. The van der Waals surface area contributed by atoms with Gasteiger partial charge < -0.3 is 5.32 Å². The van der Waals surface area contributed by atoms with Crippen LogP contribution < -0.4 is 5.32 Å². The maximum absolute atomic E-state index is 3.93. The van der Waals surface area contributed by atoms with Crippen LogP contribution in [-0.2, 0) is 0 Å². The molecule has 5 aliphatic carbocycles. The Balaban J connectivity index is 1.67. The molecule has 0 saturated heterocycles. The SMILES string of the molecule is CCNC(C1=CCCC1)C12CC3CC(CC(C)(C3)C1)C2. The van der Waals surface area contributed by atoms with Crippen molar-refractivity contribution >= 4 is 0 Å². The molecule has 4 saturated carbocycles. The van der Waals surface area contributed by atoms with E-state index in [0.717, 1.165) is 18.4 Å². The fourth-order valence-corrected chi connectivity index (χ4v) is 7.04. The molecule has 0 aromatic heterocycles. The first-order valence-electron chi connectivity index (χ1n) is 9.05. The summed E-state index contributed by atoms with van der Waals surface area (Å²) in [7, 11) is 0. The maximum Gasteiger partial charge on any atom is 0.0336 e. The number of nitrogens with one attached hydrogen (secondary N) is 1. The standard InChI is InChI=1S/C19H31N/c1-3-20-17(16-6-4-5-7-16)19-11-14-8-15(12-19)10-18(2,9-14)13-19/h6,14-15,17,20H,3-5,7-13H2,1-2H3. The van der Waals surface area contributed by atoms with Gasteiger partial charge in [-0.3, -0.25) is 0 Å². The van der Waals surface area contributed by atoms with Gasteiger partial charge in [-0.05, 0) is 87.0 Å². The molecule has 4 bridgehead atoms. The first-order chi connectivity index (χ1) is 9.62. The second-order valence-corrected chi connectivity index (χ2v) is 8.80. The monoisotopic (exact) mass is 273 g/mol. The first kappa shape index (κ1) is 13.4. The summed E-state index contributed by atoms with van der Waals surface area (Å²) in [5.74, 6) is 2.09. The number of hydrogen-bond donors (Lipinski definition) is 1. The highest BCUT2D eigenvalue weighted by Crippen LogP contribution is 2.66. The fourth-order valence-electron chi connectivity index (χ4n) is 7.04. The zero-order valence-electron chi connectivity index (χ0n) is 13.4. The number of likely N-dealkylation sites (N-methyl/N-ethyl adjacent to an activating group) is 1. The molecule has 1 heteroatoms. The van der Waals surface area contributed by atoms with Crippen LogP contribution in [-0.4, -0.2) is 12.6 Å². The molecular weight excluding hydrogens is 242 g/mol. The Morgan fingerprint density at radius 3 is 2.55 bits per heavy atom. The number of allylic oxidation sites excluding steroid dienone is 1. The smallest absolute Gasteiger partial charge is 0.0336 e. The lowest BCUT2D eigenvalue weighted by Crippen LogP contribution is -2.59. The molecule has 0 amide bonds. The molecule has 1 N–H and O–H groups in total. The molecule has 0 aromatic rings. The molecule has 5 rings (SSSR count). The van der Waals surface area contributed by atoms with Crippen molar-refractivity contribution in [1.82, 2.24) is 5.32 Å². The van der Waals surface area contributed by atoms with Gasteiger partial charge in [-0.1, -0.05) is 25.5 Å². The van der Waals surface area contributed by atoms with E-state index in [1.807, 2.05) is 0 Å². The van der Waals surface area contributed by atoms with Gasteiger partial charge in [0.05, 0.1) is 0 Å². The highest BCUT2D eigenvalue weighted by Gasteiger charge is 2.58. The van der Waals surface area contributed by atoms with Crippen LogP contribution in [0.2, 0.25) is 0 Å². The summed E-state index contributed by atoms with van der Waals surface area (Å²) < 4.78 is 0. The second kappa shape index (κ2) is 4.60. The Bertz CT molecular complexity index is 407. The Morgan fingerprint density at radius 2 is 2.00 bits per heavy atom. The van der Waals surface area contributed by atoms with Gasteiger partial charge in [0.15, 0.2) is 0 Å². The van der Waals surface area contributed by atoms with E-state index in [0.29, 0.717) is 16.9 Å². The van der Waals surface area contributed by atoms with Crippen molar-refractivity contribution in [2.45, 2.75) is 77.7 Å². The molecule has 0 spiro atoms. The molecule has 3 atom stereocenters. The normalized spacial score (nSPS) is 47.6. The average molecular weight is 273 g/mol. The summed E-state index contributed by atoms with van der Waals surface area (Å²) >= 11 is 0. The minimum absolute atomic E-state index is 0.616. The highest BCUT2D eigenvalue weighted by molar-refractivity contribution is 5.23. The largest absolute Gasteiger partial charge is 0.310 e. The zero-order valence-corrected chi connectivity index (χ0v) is 13.4. The molecule has 112 valence electrons. The minimum atomic E-state index is 0.616. The second-order valence-electron chi connectivity index (χ2n) is 8.80. The first-order valence-corrected chi connectivity index (χ1v) is 9.05. The van der Waals surface area contributed by atoms with Crippen molar-refractivity contribution in [3.63, 3.8) is 0 Å². The lowest BCUT2D eigenvalue weighted by Gasteiger charge is -2.64. The van der Waals surface area contributed by atoms with Gasteiger partial charge in [0.2, 0.25) is 0 Å². The van der Waals surface area contributed by atoms with Crippen LogP contribution in [0, 0.1) is 22.7 Å². The van der Waals surface area contributed by atoms with Crippen molar-refractivity contribution in [2.24, 2.45) is 22.7 Å². The summed E-state index contributed by atoms with van der Waals surface area (Å²) in [4.78, 5) is 0. The van der Waals surface area contributed by atoms with E-state index < -0.39 is 0 Å². The molecule has 3 unspecified atom stereocenters. The van der Waals surface area contributed by atoms with Gasteiger partial charge in [-0.15, -0.1) is 0 Å².